The van der Waals surface area contributed by atoms with E-state index in [9.17, 15) is 4.79 Å². The number of nitrogens with one attached hydrogen (secondary N) is 1. The number of amides is 1. The number of hydrogen-bond acceptors (Lipinski definition) is 3. The maximum absolute atomic E-state index is 12.5. The van der Waals surface area contributed by atoms with Crippen LogP contribution in [0.2, 0.25) is 5.02 Å². The summed E-state index contributed by atoms with van der Waals surface area (Å²) < 4.78 is 0. The van der Waals surface area contributed by atoms with Gasteiger partial charge in [-0.1, -0.05) is 23.7 Å². The maximum atomic E-state index is 12.5. The van der Waals surface area contributed by atoms with E-state index in [1.807, 2.05) is 35.6 Å². The maximum Gasteiger partial charge on any atom is 0.261 e. The van der Waals surface area contributed by atoms with Crippen LogP contribution < -0.4 is 5.32 Å². The first-order chi connectivity index (χ1) is 11.6. The van der Waals surface area contributed by atoms with Crippen molar-refractivity contribution in [3.05, 3.63) is 67.2 Å². The fourth-order valence-corrected chi connectivity index (χ4v) is 5.42. The van der Waals surface area contributed by atoms with Crippen LogP contribution in [0.4, 0.5) is 0 Å². The van der Waals surface area contributed by atoms with E-state index in [1.54, 1.807) is 11.3 Å². The topological polar surface area (TPSA) is 29.1 Å². The number of benzene rings is 1. The molecule has 0 saturated heterocycles. The van der Waals surface area contributed by atoms with Gasteiger partial charge in [0.1, 0.15) is 0 Å². The summed E-state index contributed by atoms with van der Waals surface area (Å²) >= 11 is 9.37. The van der Waals surface area contributed by atoms with Crippen LogP contribution in [-0.4, -0.2) is 5.91 Å². The lowest BCUT2D eigenvalue weighted by Crippen LogP contribution is -2.21. The van der Waals surface area contributed by atoms with Gasteiger partial charge in [-0.2, -0.15) is 0 Å². The van der Waals surface area contributed by atoms with Gasteiger partial charge in [0, 0.05) is 31.8 Å². The summed E-state index contributed by atoms with van der Waals surface area (Å²) in [7, 11) is 0. The van der Waals surface area contributed by atoms with Crippen molar-refractivity contribution in [1.82, 2.24) is 5.32 Å². The molecule has 0 aliphatic heterocycles. The summed E-state index contributed by atoms with van der Waals surface area (Å²) in [6.07, 6.45) is 2.12. The summed E-state index contributed by atoms with van der Waals surface area (Å²) in [6.45, 7) is 2.66. The van der Waals surface area contributed by atoms with E-state index >= 15 is 0 Å². The van der Waals surface area contributed by atoms with Crippen LogP contribution in [0.15, 0.2) is 36.4 Å². The largest absolute Gasteiger partial charge is 0.347 e. The Morgan fingerprint density at radius 1 is 1.17 bits per heavy atom. The minimum absolute atomic E-state index is 0.00199. The minimum atomic E-state index is -0.00199. The van der Waals surface area contributed by atoms with Gasteiger partial charge in [-0.3, -0.25) is 4.79 Å². The predicted octanol–water partition coefficient (Wildman–Crippen LogP) is 5.47. The van der Waals surface area contributed by atoms with Gasteiger partial charge in [0.05, 0.1) is 4.88 Å². The van der Waals surface area contributed by atoms with Gasteiger partial charge in [-0.25, -0.2) is 0 Å². The van der Waals surface area contributed by atoms with Gasteiger partial charge >= 0.3 is 0 Å². The van der Waals surface area contributed by atoms with Crippen LogP contribution in [-0.2, 0) is 19.4 Å². The second-order valence-corrected chi connectivity index (χ2v) is 8.80. The van der Waals surface area contributed by atoms with Crippen molar-refractivity contribution in [2.24, 2.45) is 0 Å². The third-order valence-corrected chi connectivity index (χ3v) is 6.77. The number of hydrogen-bond donors (Lipinski definition) is 1. The Kier molecular flexibility index (Phi) is 4.21. The number of halogens is 1. The van der Waals surface area contributed by atoms with Gasteiger partial charge in [0.25, 0.3) is 5.91 Å². The van der Waals surface area contributed by atoms with Crippen molar-refractivity contribution < 1.29 is 4.79 Å². The quantitative estimate of drug-likeness (QED) is 0.648. The Labute approximate surface area is 154 Å². The number of carbonyl (C=O) groups excluding carboxylic acids is 1. The van der Waals surface area contributed by atoms with E-state index in [-0.39, 0.29) is 5.91 Å². The molecular weight excluding hydrogens is 358 g/mol. The van der Waals surface area contributed by atoms with Crippen LogP contribution in [0.25, 0.3) is 10.4 Å². The van der Waals surface area contributed by atoms with Crippen LogP contribution in [0.1, 0.15) is 30.6 Å². The van der Waals surface area contributed by atoms with Crippen molar-refractivity contribution >= 4 is 40.2 Å². The number of aryl methyl sites for hydroxylation is 3. The Bertz CT molecular complexity index is 908. The summed E-state index contributed by atoms with van der Waals surface area (Å²) in [4.78, 5) is 17.4. The third-order valence-electron chi connectivity index (χ3n) is 4.20. The van der Waals surface area contributed by atoms with Gasteiger partial charge in [-0.05, 0) is 55.2 Å². The average Bonchev–Trinajstić information content (AvgIpc) is 3.16. The zero-order valence-electron chi connectivity index (χ0n) is 13.2. The van der Waals surface area contributed by atoms with E-state index in [4.69, 9.17) is 11.6 Å². The van der Waals surface area contributed by atoms with Crippen molar-refractivity contribution in [3.8, 4) is 10.4 Å². The molecule has 1 aromatic carbocycles. The van der Waals surface area contributed by atoms with Crippen molar-refractivity contribution in [2.45, 2.75) is 26.3 Å². The van der Waals surface area contributed by atoms with Crippen molar-refractivity contribution in [1.29, 1.82) is 0 Å². The molecular formula is C19H16ClNOS2. The Balaban J connectivity index is 1.52. The SMILES string of the molecule is Cc1cc2c(s1)CCc1cc(C(=O)NCc3ccc(Cl)cc3)sc1-2. The molecule has 24 heavy (non-hydrogen) atoms. The first-order valence-corrected chi connectivity index (χ1v) is 9.86. The Morgan fingerprint density at radius 2 is 1.96 bits per heavy atom. The highest BCUT2D eigenvalue weighted by molar-refractivity contribution is 7.18. The molecule has 122 valence electrons. The van der Waals surface area contributed by atoms with Crippen LogP contribution >= 0.6 is 34.3 Å². The first kappa shape index (κ1) is 15.9. The molecule has 0 atom stereocenters. The van der Waals surface area contributed by atoms with E-state index in [0.29, 0.717) is 11.6 Å². The second kappa shape index (κ2) is 6.36. The highest BCUT2D eigenvalue weighted by Crippen LogP contribution is 2.43. The van der Waals surface area contributed by atoms with E-state index in [1.165, 1.54) is 25.8 Å². The molecule has 0 unspecified atom stereocenters. The number of thiophene rings is 2. The van der Waals surface area contributed by atoms with E-state index < -0.39 is 0 Å². The lowest BCUT2D eigenvalue weighted by molar-refractivity contribution is 0.0955. The number of fused-ring (bicyclic) bond motifs is 3. The summed E-state index contributed by atoms with van der Waals surface area (Å²) in [6, 6.07) is 11.9. The molecule has 1 aliphatic carbocycles. The first-order valence-electron chi connectivity index (χ1n) is 7.85. The third kappa shape index (κ3) is 3.02. The number of rotatable bonds is 3. The predicted molar refractivity (Wildman–Crippen MR) is 102 cm³/mol. The Hall–Kier alpha value is -1.62. The molecule has 0 bridgehead atoms. The molecule has 4 rings (SSSR count). The molecule has 0 saturated carbocycles. The molecule has 0 radical (unpaired) electrons. The molecule has 1 aliphatic rings. The standard InChI is InChI=1S/C19H16ClNOS2/c1-11-8-15-16(23-11)7-4-13-9-17(24-18(13)15)19(22)21-10-12-2-5-14(20)6-3-12/h2-3,5-6,8-9H,4,7,10H2,1H3,(H,21,22). The normalized spacial score (nSPS) is 12.6. The lowest BCUT2D eigenvalue weighted by atomic mass is 9.98. The summed E-state index contributed by atoms with van der Waals surface area (Å²) in [5, 5.41) is 3.71. The molecule has 0 fully saturated rings. The molecule has 3 aromatic rings. The van der Waals surface area contributed by atoms with Crippen LogP contribution in [0, 0.1) is 6.92 Å². The monoisotopic (exact) mass is 373 g/mol. The highest BCUT2D eigenvalue weighted by Gasteiger charge is 2.23. The summed E-state index contributed by atoms with van der Waals surface area (Å²) in [5.74, 6) is -0.00199. The molecule has 1 N–H and O–H groups in total. The fourth-order valence-electron chi connectivity index (χ4n) is 3.01. The zero-order chi connectivity index (χ0) is 16.7. The van der Waals surface area contributed by atoms with Crippen LogP contribution in [0.3, 0.4) is 0 Å². The fraction of sp³-hybridized carbons (Fsp3) is 0.211. The van der Waals surface area contributed by atoms with E-state index in [2.05, 4.69) is 24.4 Å². The van der Waals surface area contributed by atoms with Gasteiger partial charge < -0.3 is 5.32 Å². The summed E-state index contributed by atoms with van der Waals surface area (Å²) in [5.41, 5.74) is 3.69. The lowest BCUT2D eigenvalue weighted by Gasteiger charge is -2.10. The van der Waals surface area contributed by atoms with Gasteiger partial charge in [-0.15, -0.1) is 22.7 Å². The molecule has 1 amide bonds. The number of carbonyl (C=O) groups is 1. The van der Waals surface area contributed by atoms with Gasteiger partial charge in [0.15, 0.2) is 0 Å². The Morgan fingerprint density at radius 3 is 2.75 bits per heavy atom. The smallest absolute Gasteiger partial charge is 0.261 e. The average molecular weight is 374 g/mol. The zero-order valence-corrected chi connectivity index (χ0v) is 15.6. The van der Waals surface area contributed by atoms with Gasteiger partial charge in [0.2, 0.25) is 0 Å². The highest BCUT2D eigenvalue weighted by atomic mass is 35.5. The van der Waals surface area contributed by atoms with E-state index in [0.717, 1.165) is 23.3 Å². The molecule has 2 nitrogen and oxygen atoms in total. The molecule has 2 aromatic heterocycles. The van der Waals surface area contributed by atoms with Crippen LogP contribution in [0.5, 0.6) is 0 Å². The molecule has 0 spiro atoms. The molecule has 5 heteroatoms. The molecule has 2 heterocycles. The minimum Gasteiger partial charge on any atom is -0.347 e. The second-order valence-electron chi connectivity index (χ2n) is 5.97. The van der Waals surface area contributed by atoms with Crippen molar-refractivity contribution in [3.63, 3.8) is 0 Å². The van der Waals surface area contributed by atoms with Crippen molar-refractivity contribution in [2.75, 3.05) is 0 Å².